The number of nitrogens with one attached hydrogen (secondary N) is 1. The Morgan fingerprint density at radius 3 is 2.68 bits per heavy atom. The number of pyridine rings is 1. The predicted octanol–water partition coefficient (Wildman–Crippen LogP) is 3.61. The molecule has 1 aromatic carbocycles. The smallest absolute Gasteiger partial charge is 0.322 e. The van der Waals surface area contributed by atoms with Crippen LogP contribution in [0.1, 0.15) is 31.4 Å². The van der Waals surface area contributed by atoms with Crippen molar-refractivity contribution in [2.45, 2.75) is 25.8 Å². The Balaban J connectivity index is 1.62. The molecular formula is C19H24N4O2. The zero-order chi connectivity index (χ0) is 17.8. The maximum Gasteiger partial charge on any atom is 0.322 e. The zero-order valence-corrected chi connectivity index (χ0v) is 14.6. The Bertz CT molecular complexity index is 726. The van der Waals surface area contributed by atoms with Crippen molar-refractivity contribution in [2.75, 3.05) is 30.4 Å². The first kappa shape index (κ1) is 17.1. The molecule has 1 atom stereocenters. The minimum absolute atomic E-state index is 0.163. The van der Waals surface area contributed by atoms with Gasteiger partial charge in [-0.3, -0.25) is 0 Å². The van der Waals surface area contributed by atoms with E-state index in [0.29, 0.717) is 5.69 Å². The van der Waals surface area contributed by atoms with E-state index in [9.17, 15) is 9.90 Å². The van der Waals surface area contributed by atoms with Crippen LogP contribution in [0.4, 0.5) is 16.3 Å². The van der Waals surface area contributed by atoms with Crippen LogP contribution in [0.2, 0.25) is 0 Å². The third kappa shape index (κ3) is 4.02. The molecule has 6 heteroatoms. The van der Waals surface area contributed by atoms with Crippen LogP contribution in [-0.2, 0) is 0 Å². The SMILES string of the molecule is C[C@@H](c1cccc(O)c1)N(C)C(=O)Nc1ccc(N2CCCC2)nc1. The standard InChI is InChI=1S/C19H24N4O2/c1-14(15-6-5-7-17(24)12-15)22(2)19(25)21-16-8-9-18(20-13-16)23-10-3-4-11-23/h5-9,12-14,24H,3-4,10-11H2,1-2H3,(H,21,25)/t14-/m0/s1. The Morgan fingerprint density at radius 2 is 2.04 bits per heavy atom. The number of anilines is 2. The van der Waals surface area contributed by atoms with Gasteiger partial charge in [0.2, 0.25) is 0 Å². The maximum atomic E-state index is 12.5. The second-order valence-corrected chi connectivity index (χ2v) is 6.41. The van der Waals surface area contributed by atoms with E-state index in [0.717, 1.165) is 24.5 Å². The summed E-state index contributed by atoms with van der Waals surface area (Å²) in [5, 5.41) is 12.5. The Labute approximate surface area is 148 Å². The number of aromatic nitrogens is 1. The summed E-state index contributed by atoms with van der Waals surface area (Å²) in [5.74, 6) is 1.15. The fraction of sp³-hybridized carbons (Fsp3) is 0.368. The summed E-state index contributed by atoms with van der Waals surface area (Å²) < 4.78 is 0. The molecule has 0 bridgehead atoms. The van der Waals surface area contributed by atoms with E-state index in [1.54, 1.807) is 36.3 Å². The topological polar surface area (TPSA) is 68.7 Å². The fourth-order valence-corrected chi connectivity index (χ4v) is 2.99. The lowest BCUT2D eigenvalue weighted by Gasteiger charge is -2.25. The van der Waals surface area contributed by atoms with E-state index in [-0.39, 0.29) is 17.8 Å². The highest BCUT2D eigenvalue weighted by molar-refractivity contribution is 5.89. The number of benzene rings is 1. The van der Waals surface area contributed by atoms with Crippen molar-refractivity contribution in [2.24, 2.45) is 0 Å². The molecule has 0 radical (unpaired) electrons. The van der Waals surface area contributed by atoms with E-state index in [1.165, 1.54) is 12.8 Å². The van der Waals surface area contributed by atoms with Gasteiger partial charge in [-0.25, -0.2) is 9.78 Å². The lowest BCUT2D eigenvalue weighted by molar-refractivity contribution is 0.208. The number of aromatic hydroxyl groups is 1. The van der Waals surface area contributed by atoms with Crippen LogP contribution < -0.4 is 10.2 Å². The number of amides is 2. The summed E-state index contributed by atoms with van der Waals surface area (Å²) in [5.41, 5.74) is 1.54. The first-order chi connectivity index (χ1) is 12.0. The summed E-state index contributed by atoms with van der Waals surface area (Å²) in [4.78, 5) is 20.8. The van der Waals surface area contributed by atoms with Crippen molar-refractivity contribution in [3.8, 4) is 5.75 Å². The first-order valence-corrected chi connectivity index (χ1v) is 8.58. The number of urea groups is 1. The van der Waals surface area contributed by atoms with Gasteiger partial charge in [-0.1, -0.05) is 12.1 Å². The molecule has 1 aliphatic rings. The van der Waals surface area contributed by atoms with Crippen LogP contribution in [0, 0.1) is 0 Å². The van der Waals surface area contributed by atoms with Crippen LogP contribution in [0.25, 0.3) is 0 Å². The highest BCUT2D eigenvalue weighted by Gasteiger charge is 2.18. The van der Waals surface area contributed by atoms with Gasteiger partial charge in [0.25, 0.3) is 0 Å². The quantitative estimate of drug-likeness (QED) is 0.892. The molecule has 25 heavy (non-hydrogen) atoms. The van der Waals surface area contributed by atoms with E-state index < -0.39 is 0 Å². The summed E-state index contributed by atoms with van der Waals surface area (Å²) in [6.07, 6.45) is 4.11. The van der Waals surface area contributed by atoms with Gasteiger partial charge in [0.15, 0.2) is 0 Å². The number of hydrogen-bond donors (Lipinski definition) is 2. The van der Waals surface area contributed by atoms with Crippen molar-refractivity contribution < 1.29 is 9.90 Å². The Hall–Kier alpha value is -2.76. The molecule has 0 spiro atoms. The normalized spacial score (nSPS) is 15.0. The second-order valence-electron chi connectivity index (χ2n) is 6.41. The summed E-state index contributed by atoms with van der Waals surface area (Å²) in [7, 11) is 1.73. The van der Waals surface area contributed by atoms with E-state index in [1.807, 2.05) is 25.1 Å². The van der Waals surface area contributed by atoms with Crippen molar-refractivity contribution in [3.05, 3.63) is 48.2 Å². The second kappa shape index (κ2) is 7.42. The van der Waals surface area contributed by atoms with Crippen LogP contribution in [-0.4, -0.2) is 41.2 Å². The predicted molar refractivity (Wildman–Crippen MR) is 99.0 cm³/mol. The fourth-order valence-electron chi connectivity index (χ4n) is 2.99. The third-order valence-electron chi connectivity index (χ3n) is 4.68. The molecule has 1 aliphatic heterocycles. The van der Waals surface area contributed by atoms with Gasteiger partial charge in [-0.05, 0) is 49.6 Å². The van der Waals surface area contributed by atoms with Crippen molar-refractivity contribution in [1.82, 2.24) is 9.88 Å². The molecule has 132 valence electrons. The highest BCUT2D eigenvalue weighted by atomic mass is 16.3. The average molecular weight is 340 g/mol. The molecule has 1 aromatic heterocycles. The van der Waals surface area contributed by atoms with Crippen LogP contribution >= 0.6 is 0 Å². The highest BCUT2D eigenvalue weighted by Crippen LogP contribution is 2.23. The van der Waals surface area contributed by atoms with E-state index in [2.05, 4.69) is 15.2 Å². The number of rotatable bonds is 4. The van der Waals surface area contributed by atoms with Gasteiger partial charge >= 0.3 is 6.03 Å². The van der Waals surface area contributed by atoms with Gasteiger partial charge < -0.3 is 20.2 Å². The molecule has 2 aromatic rings. The molecule has 3 rings (SSSR count). The minimum atomic E-state index is -0.216. The number of phenolic OH excluding ortho intramolecular Hbond substituents is 1. The van der Waals surface area contributed by atoms with Crippen molar-refractivity contribution in [3.63, 3.8) is 0 Å². The molecule has 6 nitrogen and oxygen atoms in total. The molecule has 2 heterocycles. The molecule has 1 fully saturated rings. The first-order valence-electron chi connectivity index (χ1n) is 8.58. The molecule has 0 unspecified atom stereocenters. The zero-order valence-electron chi connectivity index (χ0n) is 14.6. The number of carbonyl (C=O) groups is 1. The number of phenols is 1. The third-order valence-corrected chi connectivity index (χ3v) is 4.68. The Morgan fingerprint density at radius 1 is 1.28 bits per heavy atom. The van der Waals surface area contributed by atoms with Gasteiger partial charge in [-0.2, -0.15) is 0 Å². The summed E-state index contributed by atoms with van der Waals surface area (Å²) in [6, 6.07) is 10.4. The number of carbonyl (C=O) groups excluding carboxylic acids is 1. The Kier molecular flexibility index (Phi) is 5.07. The van der Waals surface area contributed by atoms with Crippen LogP contribution in [0.15, 0.2) is 42.6 Å². The number of hydrogen-bond acceptors (Lipinski definition) is 4. The molecule has 2 amide bonds. The lowest BCUT2D eigenvalue weighted by Crippen LogP contribution is -2.33. The van der Waals surface area contributed by atoms with Crippen LogP contribution in [0.3, 0.4) is 0 Å². The summed E-state index contributed by atoms with van der Waals surface area (Å²) in [6.45, 7) is 4.01. The molecular weight excluding hydrogens is 316 g/mol. The van der Waals surface area contributed by atoms with Crippen LogP contribution in [0.5, 0.6) is 5.75 Å². The maximum absolute atomic E-state index is 12.5. The van der Waals surface area contributed by atoms with Crippen molar-refractivity contribution >= 4 is 17.5 Å². The van der Waals surface area contributed by atoms with E-state index in [4.69, 9.17) is 0 Å². The van der Waals surface area contributed by atoms with Crippen molar-refractivity contribution in [1.29, 1.82) is 0 Å². The molecule has 0 saturated carbocycles. The number of nitrogens with zero attached hydrogens (tertiary/aromatic N) is 3. The molecule has 0 aliphatic carbocycles. The van der Waals surface area contributed by atoms with E-state index >= 15 is 0 Å². The van der Waals surface area contributed by atoms with Gasteiger partial charge in [0, 0.05) is 20.1 Å². The molecule has 1 saturated heterocycles. The monoisotopic (exact) mass is 340 g/mol. The van der Waals surface area contributed by atoms with Gasteiger partial charge in [0.1, 0.15) is 11.6 Å². The minimum Gasteiger partial charge on any atom is -0.508 e. The molecule has 2 N–H and O–H groups in total. The lowest BCUT2D eigenvalue weighted by atomic mass is 10.1. The van der Waals surface area contributed by atoms with Gasteiger partial charge in [-0.15, -0.1) is 0 Å². The van der Waals surface area contributed by atoms with Gasteiger partial charge in [0.05, 0.1) is 17.9 Å². The largest absolute Gasteiger partial charge is 0.508 e. The summed E-state index contributed by atoms with van der Waals surface area (Å²) >= 11 is 0. The average Bonchev–Trinajstić information content (AvgIpc) is 3.15.